The number of aliphatic hydroxyl groups is 1. The summed E-state index contributed by atoms with van der Waals surface area (Å²) in [5.41, 5.74) is 1.57. The van der Waals surface area contributed by atoms with Gasteiger partial charge in [-0.2, -0.15) is 5.10 Å². The van der Waals surface area contributed by atoms with E-state index in [-0.39, 0.29) is 29.6 Å². The molecule has 1 unspecified atom stereocenters. The summed E-state index contributed by atoms with van der Waals surface area (Å²) in [6.07, 6.45) is 3.49. The minimum Gasteiger partial charge on any atom is -0.488 e. The van der Waals surface area contributed by atoms with Crippen LogP contribution in [0.2, 0.25) is 0 Å². The highest BCUT2D eigenvalue weighted by Gasteiger charge is 2.25. The van der Waals surface area contributed by atoms with Crippen LogP contribution < -0.4 is 15.4 Å². The summed E-state index contributed by atoms with van der Waals surface area (Å²) < 4.78 is 7.80. The molecule has 1 atom stereocenters. The summed E-state index contributed by atoms with van der Waals surface area (Å²) in [6, 6.07) is 6.16. The van der Waals surface area contributed by atoms with Gasteiger partial charge in [-0.1, -0.05) is 12.1 Å². The van der Waals surface area contributed by atoms with Gasteiger partial charge in [-0.25, -0.2) is 4.99 Å². The Hall–Kier alpha value is -1.81. The summed E-state index contributed by atoms with van der Waals surface area (Å²) in [4.78, 5) is 4.69. The van der Waals surface area contributed by atoms with Gasteiger partial charge in [-0.05, 0) is 53.2 Å². The Kier molecular flexibility index (Phi) is 9.61. The second-order valence-corrected chi connectivity index (χ2v) is 8.55. The van der Waals surface area contributed by atoms with E-state index in [4.69, 9.17) is 4.74 Å². The van der Waals surface area contributed by atoms with Gasteiger partial charge in [0.05, 0.1) is 19.3 Å². The average Bonchev–Trinajstić information content (AvgIpc) is 3.05. The van der Waals surface area contributed by atoms with Crippen molar-refractivity contribution < 1.29 is 9.84 Å². The molecule has 1 heterocycles. The van der Waals surface area contributed by atoms with Crippen LogP contribution in [0.5, 0.6) is 5.75 Å². The van der Waals surface area contributed by atoms with Gasteiger partial charge in [-0.3, -0.25) is 4.68 Å². The van der Waals surface area contributed by atoms with Crippen molar-refractivity contribution in [2.24, 2.45) is 12.0 Å². The molecule has 1 aromatic carbocycles. The molecule has 1 aromatic heterocycles. The third-order valence-electron chi connectivity index (χ3n) is 4.32. The van der Waals surface area contributed by atoms with Crippen LogP contribution in [-0.4, -0.2) is 39.5 Å². The Labute approximate surface area is 197 Å². The molecule has 0 aliphatic carbocycles. The van der Waals surface area contributed by atoms with E-state index in [1.807, 2.05) is 47.0 Å². The number of benzene rings is 1. The van der Waals surface area contributed by atoms with Crippen molar-refractivity contribution >= 4 is 29.9 Å². The maximum atomic E-state index is 10.8. The fraction of sp³-hybridized carbons (Fsp3) is 0.545. The topological polar surface area (TPSA) is 83.7 Å². The van der Waals surface area contributed by atoms with Gasteiger partial charge in [0.15, 0.2) is 5.96 Å². The van der Waals surface area contributed by atoms with Gasteiger partial charge >= 0.3 is 0 Å². The lowest BCUT2D eigenvalue weighted by Gasteiger charge is -2.24. The summed E-state index contributed by atoms with van der Waals surface area (Å²) >= 11 is 0. The van der Waals surface area contributed by atoms with Crippen LogP contribution in [0.3, 0.4) is 0 Å². The Bertz CT molecular complexity index is 840. The number of nitrogens with zero attached hydrogens (tertiary/aromatic N) is 3. The molecule has 2 rings (SSSR count). The highest BCUT2D eigenvalue weighted by molar-refractivity contribution is 14.0. The number of hydrogen-bond donors (Lipinski definition) is 3. The third kappa shape index (κ3) is 8.14. The lowest BCUT2D eigenvalue weighted by atomic mass is 10.00. The van der Waals surface area contributed by atoms with E-state index < -0.39 is 5.60 Å². The van der Waals surface area contributed by atoms with Crippen molar-refractivity contribution in [1.29, 1.82) is 0 Å². The molecule has 0 fully saturated rings. The summed E-state index contributed by atoms with van der Waals surface area (Å²) in [6.45, 7) is 13.4. The van der Waals surface area contributed by atoms with E-state index in [0.29, 0.717) is 19.0 Å². The van der Waals surface area contributed by atoms with Crippen molar-refractivity contribution in [3.63, 3.8) is 0 Å². The molecule has 0 amide bonds. The van der Waals surface area contributed by atoms with Gasteiger partial charge in [-0.15, -0.1) is 24.0 Å². The van der Waals surface area contributed by atoms with Crippen molar-refractivity contribution in [3.8, 4) is 5.75 Å². The van der Waals surface area contributed by atoms with Crippen molar-refractivity contribution in [2.45, 2.75) is 59.3 Å². The predicted molar refractivity (Wildman–Crippen MR) is 133 cm³/mol. The Morgan fingerprint density at radius 2 is 1.93 bits per heavy atom. The van der Waals surface area contributed by atoms with Gasteiger partial charge in [0, 0.05) is 30.9 Å². The number of aromatic nitrogens is 2. The first-order chi connectivity index (χ1) is 13.5. The van der Waals surface area contributed by atoms with Crippen LogP contribution in [0.15, 0.2) is 35.6 Å². The molecule has 3 N–H and O–H groups in total. The maximum Gasteiger partial charge on any atom is 0.191 e. The van der Waals surface area contributed by atoms with E-state index in [1.165, 1.54) is 0 Å². The molecule has 0 saturated carbocycles. The third-order valence-corrected chi connectivity index (χ3v) is 4.32. The average molecular weight is 529 g/mol. The van der Waals surface area contributed by atoms with Crippen LogP contribution in [0.4, 0.5) is 0 Å². The van der Waals surface area contributed by atoms with Crippen LogP contribution in [0.25, 0.3) is 0 Å². The zero-order chi connectivity index (χ0) is 21.7. The predicted octanol–water partition coefficient (Wildman–Crippen LogP) is 3.49. The summed E-state index contributed by atoms with van der Waals surface area (Å²) in [7, 11) is 1.83. The lowest BCUT2D eigenvalue weighted by molar-refractivity contribution is 0.0616. The first-order valence-electron chi connectivity index (χ1n) is 10.0. The fourth-order valence-electron chi connectivity index (χ4n) is 2.78. The maximum absolute atomic E-state index is 10.8. The smallest absolute Gasteiger partial charge is 0.191 e. The largest absolute Gasteiger partial charge is 0.488 e. The second-order valence-electron chi connectivity index (χ2n) is 8.55. The molecule has 2 aromatic rings. The van der Waals surface area contributed by atoms with Crippen molar-refractivity contribution in [2.75, 3.05) is 13.1 Å². The standard InChI is InChI=1S/C22H35N5O2.HI/c1-8-23-20(25-15-22(6,28)18-13-26-27(7)14-18)24-12-17-10-9-16(2)11-19(17)29-21(3,4)5;/h9-11,13-14,28H,8,12,15H2,1-7H3,(H2,23,24,25);1H. The molecule has 0 saturated heterocycles. The molecule has 0 aliphatic heterocycles. The van der Waals surface area contributed by atoms with Crippen LogP contribution >= 0.6 is 24.0 Å². The van der Waals surface area contributed by atoms with Gasteiger partial charge < -0.3 is 20.5 Å². The SMILES string of the molecule is CCNC(=NCc1ccc(C)cc1OC(C)(C)C)NCC(C)(O)c1cnn(C)c1.I. The van der Waals surface area contributed by atoms with Gasteiger partial charge in [0.2, 0.25) is 0 Å². The molecule has 0 aliphatic rings. The summed E-state index contributed by atoms with van der Waals surface area (Å²) in [5.74, 6) is 1.48. The molecule has 8 heteroatoms. The number of guanidine groups is 1. The monoisotopic (exact) mass is 529 g/mol. The van der Waals surface area contributed by atoms with Crippen LogP contribution in [0, 0.1) is 6.92 Å². The first kappa shape index (κ1) is 26.2. The second kappa shape index (κ2) is 11.0. The van der Waals surface area contributed by atoms with E-state index in [0.717, 1.165) is 29.0 Å². The van der Waals surface area contributed by atoms with Crippen LogP contribution in [0.1, 0.15) is 51.3 Å². The Balaban J connectivity index is 0.00000450. The quantitative estimate of drug-likeness (QED) is 0.291. The Morgan fingerprint density at radius 3 is 2.50 bits per heavy atom. The lowest BCUT2D eigenvalue weighted by Crippen LogP contribution is -2.44. The molecule has 0 radical (unpaired) electrons. The van der Waals surface area contributed by atoms with E-state index >= 15 is 0 Å². The van der Waals surface area contributed by atoms with Crippen LogP contribution in [-0.2, 0) is 19.2 Å². The minimum atomic E-state index is -1.06. The normalized spacial score (nSPS) is 13.9. The van der Waals surface area contributed by atoms with Crippen molar-refractivity contribution in [3.05, 3.63) is 47.3 Å². The highest BCUT2D eigenvalue weighted by atomic mass is 127. The first-order valence-corrected chi connectivity index (χ1v) is 10.0. The molecule has 30 heavy (non-hydrogen) atoms. The van der Waals surface area contributed by atoms with E-state index in [9.17, 15) is 5.11 Å². The van der Waals surface area contributed by atoms with Gasteiger partial charge in [0.1, 0.15) is 17.0 Å². The number of halogens is 1. The highest BCUT2D eigenvalue weighted by Crippen LogP contribution is 2.25. The molecule has 7 nitrogen and oxygen atoms in total. The molecular formula is C22H36IN5O2. The zero-order valence-electron chi connectivity index (χ0n) is 19.1. The zero-order valence-corrected chi connectivity index (χ0v) is 21.4. The number of ether oxygens (including phenoxy) is 1. The van der Waals surface area contributed by atoms with Crippen molar-refractivity contribution in [1.82, 2.24) is 20.4 Å². The molecule has 0 spiro atoms. The molecular weight excluding hydrogens is 493 g/mol. The number of aryl methyl sites for hydroxylation is 2. The number of rotatable bonds is 7. The number of nitrogens with one attached hydrogen (secondary N) is 2. The number of hydrogen-bond acceptors (Lipinski definition) is 4. The minimum absolute atomic E-state index is 0. The molecule has 0 bridgehead atoms. The summed E-state index contributed by atoms with van der Waals surface area (Å²) in [5, 5.41) is 21.4. The number of aliphatic imine (C=N–C) groups is 1. The van der Waals surface area contributed by atoms with E-state index in [2.05, 4.69) is 39.8 Å². The Morgan fingerprint density at radius 1 is 1.23 bits per heavy atom. The van der Waals surface area contributed by atoms with Gasteiger partial charge in [0.25, 0.3) is 0 Å². The molecule has 168 valence electrons. The fourth-order valence-corrected chi connectivity index (χ4v) is 2.78. The van der Waals surface area contributed by atoms with E-state index in [1.54, 1.807) is 17.8 Å².